The zero-order valence-electron chi connectivity index (χ0n) is 17.9. The van der Waals surface area contributed by atoms with Crippen LogP contribution in [0.5, 0.6) is 11.5 Å². The summed E-state index contributed by atoms with van der Waals surface area (Å²) in [5.41, 5.74) is 1.46. The van der Waals surface area contributed by atoms with Gasteiger partial charge >= 0.3 is 5.97 Å². The molecule has 1 aliphatic carbocycles. The molecule has 0 atom stereocenters. The van der Waals surface area contributed by atoms with Crippen LogP contribution in [0.4, 0.5) is 8.78 Å². The zero-order valence-corrected chi connectivity index (χ0v) is 17.9. The van der Waals surface area contributed by atoms with Crippen molar-refractivity contribution in [3.05, 3.63) is 71.3 Å². The average molecular weight is 430 g/mol. The SMILES string of the molecule is CCOc1ccc(OC(=O)c2ccc(C3CCC(/C=C/COC)CC3)cc2)c(F)c1F. The predicted octanol–water partition coefficient (Wildman–Crippen LogP) is 6.06. The van der Waals surface area contributed by atoms with Crippen molar-refractivity contribution in [3.8, 4) is 11.5 Å². The molecule has 6 heteroatoms. The molecule has 0 heterocycles. The Balaban J connectivity index is 1.59. The summed E-state index contributed by atoms with van der Waals surface area (Å²) in [7, 11) is 1.69. The molecular formula is C25H28F2O4. The molecule has 0 aromatic heterocycles. The van der Waals surface area contributed by atoms with Gasteiger partial charge in [-0.3, -0.25) is 0 Å². The molecule has 0 aliphatic heterocycles. The van der Waals surface area contributed by atoms with Gasteiger partial charge in [-0.1, -0.05) is 24.3 Å². The van der Waals surface area contributed by atoms with E-state index in [0.717, 1.165) is 25.7 Å². The topological polar surface area (TPSA) is 44.8 Å². The van der Waals surface area contributed by atoms with Gasteiger partial charge in [-0.25, -0.2) is 4.79 Å². The number of ether oxygens (including phenoxy) is 3. The first kappa shape index (κ1) is 22.9. The van der Waals surface area contributed by atoms with Crippen LogP contribution in [0.1, 0.15) is 54.4 Å². The van der Waals surface area contributed by atoms with Crippen molar-refractivity contribution < 1.29 is 27.8 Å². The second-order valence-corrected chi connectivity index (χ2v) is 7.63. The summed E-state index contributed by atoms with van der Waals surface area (Å²) >= 11 is 0. The van der Waals surface area contributed by atoms with Crippen molar-refractivity contribution in [1.82, 2.24) is 0 Å². The molecule has 0 unspecified atom stereocenters. The van der Waals surface area contributed by atoms with Crippen LogP contribution in [0.25, 0.3) is 0 Å². The van der Waals surface area contributed by atoms with E-state index in [1.165, 1.54) is 17.7 Å². The van der Waals surface area contributed by atoms with Crippen molar-refractivity contribution in [2.45, 2.75) is 38.5 Å². The highest BCUT2D eigenvalue weighted by Crippen LogP contribution is 2.36. The Morgan fingerprint density at radius 1 is 1.00 bits per heavy atom. The van der Waals surface area contributed by atoms with Crippen LogP contribution in [-0.4, -0.2) is 26.3 Å². The molecule has 0 N–H and O–H groups in total. The first-order valence-corrected chi connectivity index (χ1v) is 10.6. The number of carbonyl (C=O) groups is 1. The molecule has 31 heavy (non-hydrogen) atoms. The molecule has 3 rings (SSSR count). The van der Waals surface area contributed by atoms with Crippen molar-refractivity contribution in [1.29, 1.82) is 0 Å². The van der Waals surface area contributed by atoms with Gasteiger partial charge in [-0.2, -0.15) is 8.78 Å². The number of hydrogen-bond acceptors (Lipinski definition) is 4. The largest absolute Gasteiger partial charge is 0.491 e. The van der Waals surface area contributed by atoms with E-state index < -0.39 is 23.4 Å². The molecule has 2 aromatic rings. The van der Waals surface area contributed by atoms with Crippen LogP contribution in [-0.2, 0) is 4.74 Å². The van der Waals surface area contributed by atoms with Crippen molar-refractivity contribution in [2.75, 3.05) is 20.3 Å². The monoisotopic (exact) mass is 430 g/mol. The van der Waals surface area contributed by atoms with Gasteiger partial charge in [-0.05, 0) is 74.3 Å². The maximum absolute atomic E-state index is 14.2. The summed E-state index contributed by atoms with van der Waals surface area (Å²) in [6.07, 6.45) is 8.73. The number of allylic oxidation sites excluding steroid dienone is 1. The van der Waals surface area contributed by atoms with Gasteiger partial charge in [-0.15, -0.1) is 0 Å². The van der Waals surface area contributed by atoms with E-state index in [1.807, 2.05) is 12.1 Å². The van der Waals surface area contributed by atoms with E-state index in [4.69, 9.17) is 14.2 Å². The molecule has 0 spiro atoms. The Morgan fingerprint density at radius 2 is 1.65 bits per heavy atom. The fourth-order valence-electron chi connectivity index (χ4n) is 3.90. The van der Waals surface area contributed by atoms with Crippen LogP contribution in [0.3, 0.4) is 0 Å². The molecule has 1 aliphatic rings. The van der Waals surface area contributed by atoms with Gasteiger partial charge in [0.05, 0.1) is 18.8 Å². The number of rotatable bonds is 8. The lowest BCUT2D eigenvalue weighted by atomic mass is 9.78. The lowest BCUT2D eigenvalue weighted by molar-refractivity contribution is 0.0726. The molecule has 0 radical (unpaired) electrons. The van der Waals surface area contributed by atoms with Gasteiger partial charge < -0.3 is 14.2 Å². The number of methoxy groups -OCH3 is 1. The summed E-state index contributed by atoms with van der Waals surface area (Å²) in [5.74, 6) is -2.79. The van der Waals surface area contributed by atoms with Crippen molar-refractivity contribution in [3.63, 3.8) is 0 Å². The highest BCUT2D eigenvalue weighted by atomic mass is 19.2. The number of esters is 1. The Kier molecular flexibility index (Phi) is 8.18. The lowest BCUT2D eigenvalue weighted by Crippen LogP contribution is -2.13. The molecule has 1 saturated carbocycles. The Morgan fingerprint density at radius 3 is 2.29 bits per heavy atom. The third kappa shape index (κ3) is 5.91. The van der Waals surface area contributed by atoms with Gasteiger partial charge in [0.2, 0.25) is 11.6 Å². The quantitative estimate of drug-likeness (QED) is 0.290. The van der Waals surface area contributed by atoms with E-state index >= 15 is 0 Å². The Bertz CT molecular complexity index is 900. The third-order valence-electron chi connectivity index (χ3n) is 5.57. The predicted molar refractivity (Wildman–Crippen MR) is 115 cm³/mol. The van der Waals surface area contributed by atoms with E-state index in [-0.39, 0.29) is 17.9 Å². The standard InChI is InChI=1S/C25H28F2O4/c1-3-30-21-14-15-22(24(27)23(21)26)31-25(28)20-12-10-19(11-13-20)18-8-6-17(7-9-18)5-4-16-29-2/h4-5,10-15,17-18H,3,6-9,16H2,1-2H3/b5-4+. The number of benzene rings is 2. The first-order chi connectivity index (χ1) is 15.0. The summed E-state index contributed by atoms with van der Waals surface area (Å²) in [4.78, 5) is 12.4. The zero-order chi connectivity index (χ0) is 22.2. The maximum Gasteiger partial charge on any atom is 0.343 e. The normalized spacial score (nSPS) is 18.8. The number of hydrogen-bond donors (Lipinski definition) is 0. The van der Waals surface area contributed by atoms with Gasteiger partial charge in [0.15, 0.2) is 11.5 Å². The van der Waals surface area contributed by atoms with Crippen LogP contribution < -0.4 is 9.47 Å². The van der Waals surface area contributed by atoms with E-state index in [1.54, 1.807) is 26.2 Å². The minimum absolute atomic E-state index is 0.202. The summed E-state index contributed by atoms with van der Waals surface area (Å²) in [6.45, 7) is 2.51. The molecule has 166 valence electrons. The van der Waals surface area contributed by atoms with E-state index in [9.17, 15) is 13.6 Å². The minimum Gasteiger partial charge on any atom is -0.491 e. The van der Waals surface area contributed by atoms with E-state index in [2.05, 4.69) is 12.2 Å². The lowest BCUT2D eigenvalue weighted by Gasteiger charge is -2.27. The molecule has 0 amide bonds. The summed E-state index contributed by atoms with van der Waals surface area (Å²) in [6, 6.07) is 9.61. The maximum atomic E-state index is 14.2. The first-order valence-electron chi connectivity index (χ1n) is 10.6. The highest BCUT2D eigenvalue weighted by Gasteiger charge is 2.22. The van der Waals surface area contributed by atoms with Gasteiger partial charge in [0.1, 0.15) is 0 Å². The van der Waals surface area contributed by atoms with Gasteiger partial charge in [0.25, 0.3) is 0 Å². The number of carbonyl (C=O) groups excluding carboxylic acids is 1. The molecule has 0 saturated heterocycles. The fourth-order valence-corrected chi connectivity index (χ4v) is 3.90. The minimum atomic E-state index is -1.24. The highest BCUT2D eigenvalue weighted by molar-refractivity contribution is 5.91. The smallest absolute Gasteiger partial charge is 0.343 e. The van der Waals surface area contributed by atoms with Crippen LogP contribution in [0.2, 0.25) is 0 Å². The molecular weight excluding hydrogens is 402 g/mol. The number of halogens is 2. The molecule has 2 aromatic carbocycles. The fraction of sp³-hybridized carbons (Fsp3) is 0.400. The van der Waals surface area contributed by atoms with Gasteiger partial charge in [0, 0.05) is 7.11 Å². The van der Waals surface area contributed by atoms with Crippen LogP contribution >= 0.6 is 0 Å². The molecule has 0 bridgehead atoms. The summed E-state index contributed by atoms with van der Waals surface area (Å²) in [5, 5.41) is 0. The summed E-state index contributed by atoms with van der Waals surface area (Å²) < 4.78 is 43.2. The third-order valence-corrected chi connectivity index (χ3v) is 5.57. The second-order valence-electron chi connectivity index (χ2n) is 7.63. The van der Waals surface area contributed by atoms with Crippen LogP contribution in [0, 0.1) is 17.6 Å². The molecule has 1 fully saturated rings. The Hall–Kier alpha value is -2.73. The van der Waals surface area contributed by atoms with E-state index in [0.29, 0.717) is 18.4 Å². The Labute approximate surface area is 181 Å². The second kappa shape index (κ2) is 11.0. The van der Waals surface area contributed by atoms with Crippen molar-refractivity contribution >= 4 is 5.97 Å². The van der Waals surface area contributed by atoms with Crippen molar-refractivity contribution in [2.24, 2.45) is 5.92 Å². The van der Waals surface area contributed by atoms with Crippen LogP contribution in [0.15, 0.2) is 48.6 Å². The molecule has 4 nitrogen and oxygen atoms in total. The average Bonchev–Trinajstić information content (AvgIpc) is 2.79.